The van der Waals surface area contributed by atoms with Gasteiger partial charge in [-0.3, -0.25) is 9.79 Å². The lowest BCUT2D eigenvalue weighted by molar-refractivity contribution is -0.121. The molecule has 0 saturated heterocycles. The molecule has 1 saturated carbocycles. The Kier molecular flexibility index (Phi) is 11.2. The number of thiophene rings is 1. The van der Waals surface area contributed by atoms with Crippen molar-refractivity contribution < 1.29 is 4.79 Å². The highest BCUT2D eigenvalue weighted by Gasteiger charge is 2.16. The molecular weight excluding hydrogens is 459 g/mol. The molecule has 0 bridgehead atoms. The van der Waals surface area contributed by atoms with Crippen LogP contribution in [0.25, 0.3) is 0 Å². The summed E-state index contributed by atoms with van der Waals surface area (Å²) in [6.07, 6.45) is 6.15. The predicted molar refractivity (Wildman–Crippen MR) is 122 cm³/mol. The molecule has 1 aromatic heterocycles. The third-order valence-electron chi connectivity index (χ3n) is 4.36. The van der Waals surface area contributed by atoms with Gasteiger partial charge in [-0.2, -0.15) is 0 Å². The predicted octanol–water partition coefficient (Wildman–Crippen LogP) is 3.61. The van der Waals surface area contributed by atoms with E-state index in [0.29, 0.717) is 25.0 Å². The second kappa shape index (κ2) is 12.5. The number of nitrogens with zero attached hydrogens (tertiary/aromatic N) is 1. The molecule has 2 rings (SSSR count). The van der Waals surface area contributed by atoms with Crippen molar-refractivity contribution in [2.75, 3.05) is 13.1 Å². The Morgan fingerprint density at radius 3 is 2.69 bits per heavy atom. The second-order valence-corrected chi connectivity index (χ2v) is 8.19. The first-order chi connectivity index (χ1) is 12.1. The maximum absolute atomic E-state index is 12.0. The molecule has 5 nitrogen and oxygen atoms in total. The monoisotopic (exact) mass is 492 g/mol. The molecule has 0 spiro atoms. The molecule has 1 aliphatic rings. The molecule has 148 valence electrons. The lowest BCUT2D eigenvalue weighted by Crippen LogP contribution is -2.43. The zero-order chi connectivity index (χ0) is 18.1. The first-order valence-corrected chi connectivity index (χ1v) is 10.3. The summed E-state index contributed by atoms with van der Waals surface area (Å²) in [5, 5.41) is 9.81. The van der Waals surface area contributed by atoms with Crippen LogP contribution in [0.5, 0.6) is 0 Å². The molecular formula is C19H33IN4OS. The van der Waals surface area contributed by atoms with Gasteiger partial charge in [0.25, 0.3) is 0 Å². The van der Waals surface area contributed by atoms with Crippen LogP contribution >= 0.6 is 35.3 Å². The Balaban J connectivity index is 0.00000338. The van der Waals surface area contributed by atoms with E-state index < -0.39 is 0 Å². The summed E-state index contributed by atoms with van der Waals surface area (Å²) < 4.78 is 0. The number of amides is 1. The van der Waals surface area contributed by atoms with Crippen LogP contribution in [0.3, 0.4) is 0 Å². The van der Waals surface area contributed by atoms with Gasteiger partial charge in [0.2, 0.25) is 5.91 Å². The van der Waals surface area contributed by atoms with Crippen molar-refractivity contribution >= 4 is 47.2 Å². The van der Waals surface area contributed by atoms with Gasteiger partial charge in [0, 0.05) is 41.2 Å². The summed E-state index contributed by atoms with van der Waals surface area (Å²) in [4.78, 5) is 19.3. The van der Waals surface area contributed by atoms with Crippen LogP contribution in [0.15, 0.2) is 17.1 Å². The number of guanidine groups is 1. The number of hydrogen-bond donors (Lipinski definition) is 3. The van der Waals surface area contributed by atoms with Crippen molar-refractivity contribution in [3.8, 4) is 0 Å². The van der Waals surface area contributed by atoms with Crippen LogP contribution in [-0.4, -0.2) is 37.0 Å². The van der Waals surface area contributed by atoms with Gasteiger partial charge in [0.15, 0.2) is 5.96 Å². The van der Waals surface area contributed by atoms with E-state index in [2.05, 4.69) is 53.8 Å². The molecule has 7 heteroatoms. The van der Waals surface area contributed by atoms with Gasteiger partial charge in [0.1, 0.15) is 0 Å². The largest absolute Gasteiger partial charge is 0.357 e. The molecule has 0 aliphatic heterocycles. The number of carbonyl (C=O) groups is 1. The lowest BCUT2D eigenvalue weighted by Gasteiger charge is -2.17. The Labute approximate surface area is 178 Å². The van der Waals surface area contributed by atoms with Crippen LogP contribution < -0.4 is 16.0 Å². The first kappa shape index (κ1) is 23.2. The molecule has 1 unspecified atom stereocenters. The van der Waals surface area contributed by atoms with E-state index in [-0.39, 0.29) is 29.9 Å². The van der Waals surface area contributed by atoms with Gasteiger partial charge in [-0.25, -0.2) is 0 Å². The summed E-state index contributed by atoms with van der Waals surface area (Å²) in [6.45, 7) is 7.67. The average molecular weight is 492 g/mol. The highest BCUT2D eigenvalue weighted by molar-refractivity contribution is 14.0. The number of carbonyl (C=O) groups excluding carboxylic acids is 1. The first-order valence-electron chi connectivity index (χ1n) is 9.46. The molecule has 1 amide bonds. The Morgan fingerprint density at radius 2 is 2.08 bits per heavy atom. The molecule has 1 heterocycles. The van der Waals surface area contributed by atoms with E-state index in [1.165, 1.54) is 22.6 Å². The van der Waals surface area contributed by atoms with E-state index >= 15 is 0 Å². The smallest absolute Gasteiger partial charge is 0.222 e. The number of aryl methyl sites for hydroxylation is 1. The summed E-state index contributed by atoms with van der Waals surface area (Å²) in [7, 11) is 0. The SMILES string of the molecule is CCNC(=NCCC(=O)NC1CCCC1)NC(C)Cc1ccc(C)s1.I. The summed E-state index contributed by atoms with van der Waals surface area (Å²) in [6, 6.07) is 5.03. The maximum atomic E-state index is 12.0. The number of halogens is 1. The van der Waals surface area contributed by atoms with Crippen molar-refractivity contribution in [3.63, 3.8) is 0 Å². The van der Waals surface area contributed by atoms with E-state index in [0.717, 1.165) is 31.8 Å². The zero-order valence-electron chi connectivity index (χ0n) is 16.1. The number of aliphatic imine (C=N–C) groups is 1. The van der Waals surface area contributed by atoms with Crippen LogP contribution in [-0.2, 0) is 11.2 Å². The molecule has 0 radical (unpaired) electrons. The molecule has 3 N–H and O–H groups in total. The van der Waals surface area contributed by atoms with Gasteiger partial charge in [-0.05, 0) is 45.7 Å². The third-order valence-corrected chi connectivity index (χ3v) is 5.38. The van der Waals surface area contributed by atoms with Crippen molar-refractivity contribution in [1.29, 1.82) is 0 Å². The quantitative estimate of drug-likeness (QED) is 0.295. The average Bonchev–Trinajstić information content (AvgIpc) is 3.19. The van der Waals surface area contributed by atoms with Gasteiger partial charge in [-0.15, -0.1) is 35.3 Å². The van der Waals surface area contributed by atoms with Crippen molar-refractivity contribution in [1.82, 2.24) is 16.0 Å². The van der Waals surface area contributed by atoms with E-state index in [1.807, 2.05) is 11.3 Å². The Bertz CT molecular complexity index is 570. The van der Waals surface area contributed by atoms with Gasteiger partial charge in [-0.1, -0.05) is 12.8 Å². The lowest BCUT2D eigenvalue weighted by atomic mass is 10.2. The normalized spacial score (nSPS) is 16.0. The molecule has 1 aromatic rings. The molecule has 1 aliphatic carbocycles. The Morgan fingerprint density at radius 1 is 1.35 bits per heavy atom. The maximum Gasteiger partial charge on any atom is 0.222 e. The topological polar surface area (TPSA) is 65.5 Å². The van der Waals surface area contributed by atoms with E-state index in [4.69, 9.17) is 0 Å². The van der Waals surface area contributed by atoms with Crippen molar-refractivity contribution in [2.45, 2.75) is 71.4 Å². The summed E-state index contributed by atoms with van der Waals surface area (Å²) >= 11 is 1.84. The van der Waals surface area contributed by atoms with E-state index in [1.54, 1.807) is 0 Å². The third kappa shape index (κ3) is 8.70. The van der Waals surface area contributed by atoms with Crippen LogP contribution in [0.4, 0.5) is 0 Å². The van der Waals surface area contributed by atoms with Gasteiger partial charge in [0.05, 0.1) is 6.54 Å². The molecule has 1 atom stereocenters. The highest BCUT2D eigenvalue weighted by Crippen LogP contribution is 2.18. The van der Waals surface area contributed by atoms with Crippen LogP contribution in [0.2, 0.25) is 0 Å². The minimum absolute atomic E-state index is 0. The highest BCUT2D eigenvalue weighted by atomic mass is 127. The number of hydrogen-bond acceptors (Lipinski definition) is 3. The number of nitrogens with one attached hydrogen (secondary N) is 3. The van der Waals surface area contributed by atoms with Crippen LogP contribution in [0, 0.1) is 6.92 Å². The fourth-order valence-electron chi connectivity index (χ4n) is 3.14. The summed E-state index contributed by atoms with van der Waals surface area (Å²) in [5.41, 5.74) is 0. The number of rotatable bonds is 8. The fraction of sp³-hybridized carbons (Fsp3) is 0.684. The Hall–Kier alpha value is -0.830. The van der Waals surface area contributed by atoms with Gasteiger partial charge < -0.3 is 16.0 Å². The molecule has 1 fully saturated rings. The minimum Gasteiger partial charge on any atom is -0.357 e. The zero-order valence-corrected chi connectivity index (χ0v) is 19.3. The van der Waals surface area contributed by atoms with Crippen molar-refractivity contribution in [2.24, 2.45) is 4.99 Å². The second-order valence-electron chi connectivity index (χ2n) is 6.82. The fourth-order valence-corrected chi connectivity index (χ4v) is 4.16. The standard InChI is InChI=1S/C19H32N4OS.HI/c1-4-20-19(22-14(2)13-17-10-9-15(3)25-17)21-12-11-18(24)23-16-7-5-6-8-16;/h9-10,14,16H,4-8,11-13H2,1-3H3,(H,23,24)(H2,20,21,22);1H. The van der Waals surface area contributed by atoms with Crippen LogP contribution in [0.1, 0.15) is 55.7 Å². The molecule has 0 aromatic carbocycles. The van der Waals surface area contributed by atoms with Crippen molar-refractivity contribution in [3.05, 3.63) is 21.9 Å². The van der Waals surface area contributed by atoms with E-state index in [9.17, 15) is 4.79 Å². The molecule has 26 heavy (non-hydrogen) atoms. The summed E-state index contributed by atoms with van der Waals surface area (Å²) in [5.74, 6) is 0.908. The van der Waals surface area contributed by atoms with Gasteiger partial charge >= 0.3 is 0 Å². The minimum atomic E-state index is 0.